The minimum Gasteiger partial charge on any atom is -0.389 e. The zero-order chi connectivity index (χ0) is 10.1. The van der Waals surface area contributed by atoms with E-state index in [-0.39, 0.29) is 12.0 Å². The largest absolute Gasteiger partial charge is 0.389 e. The molecule has 0 saturated carbocycles. The van der Waals surface area contributed by atoms with Crippen molar-refractivity contribution in [2.45, 2.75) is 18.4 Å². The number of aliphatic hydroxyl groups is 1. The number of hydrogen-bond donors (Lipinski definition) is 1. The van der Waals surface area contributed by atoms with Crippen LogP contribution in [-0.2, 0) is 0 Å². The van der Waals surface area contributed by atoms with E-state index in [1.807, 2.05) is 24.3 Å². The van der Waals surface area contributed by atoms with Crippen molar-refractivity contribution in [1.82, 2.24) is 0 Å². The van der Waals surface area contributed by atoms with Gasteiger partial charge in [-0.2, -0.15) is 0 Å². The van der Waals surface area contributed by atoms with E-state index in [4.69, 9.17) is 23.2 Å². The molecule has 2 atom stereocenters. The van der Waals surface area contributed by atoms with Crippen molar-refractivity contribution >= 4 is 23.2 Å². The summed E-state index contributed by atoms with van der Waals surface area (Å²) in [6.45, 7) is 0. The Balaban J connectivity index is 2.25. The molecule has 3 heteroatoms. The van der Waals surface area contributed by atoms with Crippen LogP contribution in [0.15, 0.2) is 30.4 Å². The second-order valence-corrected chi connectivity index (χ2v) is 4.28. The van der Waals surface area contributed by atoms with E-state index in [0.29, 0.717) is 10.0 Å². The lowest BCUT2D eigenvalue weighted by Crippen LogP contribution is -2.00. The topological polar surface area (TPSA) is 20.2 Å². The van der Waals surface area contributed by atoms with Crippen LogP contribution in [0, 0.1) is 0 Å². The van der Waals surface area contributed by atoms with Gasteiger partial charge in [-0.3, -0.25) is 0 Å². The van der Waals surface area contributed by atoms with E-state index in [0.717, 1.165) is 12.0 Å². The first-order valence-corrected chi connectivity index (χ1v) is 5.24. The molecule has 2 rings (SSSR count). The number of halogens is 2. The first-order valence-electron chi connectivity index (χ1n) is 4.48. The fourth-order valence-corrected chi connectivity index (χ4v) is 1.98. The molecule has 0 amide bonds. The second kappa shape index (κ2) is 3.93. The van der Waals surface area contributed by atoms with Gasteiger partial charge in [-0.1, -0.05) is 41.4 Å². The third kappa shape index (κ3) is 1.95. The Bertz CT molecular complexity index is 374. The van der Waals surface area contributed by atoms with Crippen molar-refractivity contribution in [1.29, 1.82) is 0 Å². The Morgan fingerprint density at radius 1 is 1.14 bits per heavy atom. The molecule has 14 heavy (non-hydrogen) atoms. The summed E-state index contributed by atoms with van der Waals surface area (Å²) in [6, 6.07) is 5.59. The van der Waals surface area contributed by atoms with Gasteiger partial charge in [-0.25, -0.2) is 0 Å². The van der Waals surface area contributed by atoms with Gasteiger partial charge >= 0.3 is 0 Å². The second-order valence-electron chi connectivity index (χ2n) is 3.47. The van der Waals surface area contributed by atoms with Gasteiger partial charge in [0.05, 0.1) is 16.1 Å². The summed E-state index contributed by atoms with van der Waals surface area (Å²) in [7, 11) is 0. The highest BCUT2D eigenvalue weighted by atomic mass is 35.5. The molecule has 1 N–H and O–H groups in total. The molecule has 1 aliphatic rings. The zero-order valence-corrected chi connectivity index (χ0v) is 8.96. The third-order valence-corrected chi connectivity index (χ3v) is 3.17. The number of rotatable bonds is 1. The highest BCUT2D eigenvalue weighted by molar-refractivity contribution is 6.42. The monoisotopic (exact) mass is 228 g/mol. The summed E-state index contributed by atoms with van der Waals surface area (Å²) >= 11 is 11.7. The Morgan fingerprint density at radius 3 is 2.50 bits per heavy atom. The smallest absolute Gasteiger partial charge is 0.0729 e. The summed E-state index contributed by atoms with van der Waals surface area (Å²) in [5, 5.41) is 10.5. The van der Waals surface area contributed by atoms with E-state index >= 15 is 0 Å². The SMILES string of the molecule is O[C@@H]1C=C[C@H](c2ccc(Cl)c(Cl)c2)C1. The predicted molar refractivity (Wildman–Crippen MR) is 59.0 cm³/mol. The molecule has 0 heterocycles. The van der Waals surface area contributed by atoms with Crippen LogP contribution in [-0.4, -0.2) is 11.2 Å². The Morgan fingerprint density at radius 2 is 1.93 bits per heavy atom. The zero-order valence-electron chi connectivity index (χ0n) is 7.45. The average Bonchev–Trinajstić information content (AvgIpc) is 2.57. The Kier molecular flexibility index (Phi) is 2.82. The van der Waals surface area contributed by atoms with Crippen LogP contribution in [0.1, 0.15) is 17.9 Å². The van der Waals surface area contributed by atoms with Crippen LogP contribution < -0.4 is 0 Å². The van der Waals surface area contributed by atoms with Gasteiger partial charge in [-0.05, 0) is 24.1 Å². The lowest BCUT2D eigenvalue weighted by Gasteiger charge is -2.09. The number of aliphatic hydroxyl groups excluding tert-OH is 1. The van der Waals surface area contributed by atoms with E-state index in [2.05, 4.69) is 0 Å². The first kappa shape index (κ1) is 10.0. The highest BCUT2D eigenvalue weighted by Crippen LogP contribution is 2.32. The molecule has 1 aromatic rings. The molecule has 1 aliphatic carbocycles. The van der Waals surface area contributed by atoms with E-state index in [1.54, 1.807) is 6.07 Å². The lowest BCUT2D eigenvalue weighted by molar-refractivity contribution is 0.218. The van der Waals surface area contributed by atoms with Gasteiger partial charge < -0.3 is 5.11 Å². The van der Waals surface area contributed by atoms with Crippen molar-refractivity contribution in [3.05, 3.63) is 46.0 Å². The third-order valence-electron chi connectivity index (χ3n) is 2.43. The van der Waals surface area contributed by atoms with E-state index in [1.165, 1.54) is 0 Å². The maximum atomic E-state index is 9.34. The van der Waals surface area contributed by atoms with Gasteiger partial charge in [0.2, 0.25) is 0 Å². The molecule has 0 radical (unpaired) electrons. The van der Waals surface area contributed by atoms with Gasteiger partial charge in [0, 0.05) is 5.92 Å². The van der Waals surface area contributed by atoms with Crippen molar-refractivity contribution in [3.8, 4) is 0 Å². The minimum atomic E-state index is -0.325. The summed E-state index contributed by atoms with van der Waals surface area (Å²) in [4.78, 5) is 0. The van der Waals surface area contributed by atoms with Crippen molar-refractivity contribution in [2.75, 3.05) is 0 Å². The normalized spacial score (nSPS) is 25.6. The van der Waals surface area contributed by atoms with Crippen LogP contribution in [0.2, 0.25) is 10.0 Å². The number of allylic oxidation sites excluding steroid dienone is 1. The molecule has 1 aromatic carbocycles. The van der Waals surface area contributed by atoms with Gasteiger partial charge in [0.15, 0.2) is 0 Å². The molecule has 74 valence electrons. The molecule has 0 aromatic heterocycles. The van der Waals surface area contributed by atoms with Crippen LogP contribution in [0.25, 0.3) is 0 Å². The molecule has 0 aliphatic heterocycles. The average molecular weight is 229 g/mol. The van der Waals surface area contributed by atoms with Crippen LogP contribution >= 0.6 is 23.2 Å². The molecule has 1 nitrogen and oxygen atoms in total. The molecule has 0 unspecified atom stereocenters. The predicted octanol–water partition coefficient (Wildman–Crippen LogP) is 3.40. The maximum absolute atomic E-state index is 9.34. The number of hydrogen-bond acceptors (Lipinski definition) is 1. The van der Waals surface area contributed by atoms with E-state index in [9.17, 15) is 5.11 Å². The van der Waals surface area contributed by atoms with E-state index < -0.39 is 0 Å². The van der Waals surface area contributed by atoms with Gasteiger partial charge in [0.25, 0.3) is 0 Å². The quantitative estimate of drug-likeness (QED) is 0.731. The summed E-state index contributed by atoms with van der Waals surface area (Å²) in [5.41, 5.74) is 1.10. The van der Waals surface area contributed by atoms with Gasteiger partial charge in [0.1, 0.15) is 0 Å². The van der Waals surface area contributed by atoms with Crippen molar-refractivity contribution in [3.63, 3.8) is 0 Å². The fraction of sp³-hybridized carbons (Fsp3) is 0.273. The summed E-state index contributed by atoms with van der Waals surface area (Å²) < 4.78 is 0. The standard InChI is InChI=1S/C11H10Cl2O/c12-10-4-2-8(6-11(10)13)7-1-3-9(14)5-7/h1-4,6-7,9,14H,5H2/t7-,9+/m0/s1. The van der Waals surface area contributed by atoms with Crippen molar-refractivity contribution < 1.29 is 5.11 Å². The van der Waals surface area contributed by atoms with Crippen LogP contribution in [0.4, 0.5) is 0 Å². The molecule has 0 spiro atoms. The summed E-state index contributed by atoms with van der Waals surface area (Å²) in [6.07, 6.45) is 4.23. The van der Waals surface area contributed by atoms with Gasteiger partial charge in [-0.15, -0.1) is 0 Å². The maximum Gasteiger partial charge on any atom is 0.0729 e. The first-order chi connectivity index (χ1) is 6.66. The minimum absolute atomic E-state index is 0.264. The lowest BCUT2D eigenvalue weighted by atomic mass is 9.98. The Labute approximate surface area is 93.0 Å². The number of benzene rings is 1. The van der Waals surface area contributed by atoms with Crippen LogP contribution in [0.5, 0.6) is 0 Å². The summed E-state index contributed by atoms with van der Waals surface area (Å²) in [5.74, 6) is 0.264. The molecule has 0 fully saturated rings. The highest BCUT2D eigenvalue weighted by Gasteiger charge is 2.18. The Hall–Kier alpha value is -0.500. The molecular weight excluding hydrogens is 219 g/mol. The van der Waals surface area contributed by atoms with Crippen molar-refractivity contribution in [2.24, 2.45) is 0 Å². The molecule has 0 bridgehead atoms. The molecular formula is C11H10Cl2O. The van der Waals surface area contributed by atoms with Crippen LogP contribution in [0.3, 0.4) is 0 Å². The fourth-order valence-electron chi connectivity index (χ4n) is 1.67. The molecule has 0 saturated heterocycles.